The Kier molecular flexibility index (Phi) is 6.77. The van der Waals surface area contributed by atoms with E-state index in [9.17, 15) is 9.18 Å². The van der Waals surface area contributed by atoms with Crippen LogP contribution >= 0.6 is 51.5 Å². The third kappa shape index (κ3) is 5.18. The predicted octanol–water partition coefficient (Wildman–Crippen LogP) is 7.23. The molecule has 3 aromatic carbocycles. The number of amides is 1. The largest absolute Gasteiger partial charge is 0.488 e. The quantitative estimate of drug-likeness (QED) is 0.255. The first kappa shape index (κ1) is 22.0. The molecule has 1 heterocycles. The molecule has 0 atom stereocenters. The van der Waals surface area contributed by atoms with Gasteiger partial charge in [-0.15, -0.1) is 0 Å². The van der Waals surface area contributed by atoms with Crippen LogP contribution in [0.3, 0.4) is 0 Å². The molecule has 0 N–H and O–H groups in total. The van der Waals surface area contributed by atoms with Crippen LogP contribution in [-0.2, 0) is 11.4 Å². The van der Waals surface area contributed by atoms with E-state index in [4.69, 9.17) is 28.6 Å². The van der Waals surface area contributed by atoms with Gasteiger partial charge in [-0.2, -0.15) is 0 Å². The fourth-order valence-corrected chi connectivity index (χ4v) is 4.86. The molecule has 1 saturated heterocycles. The van der Waals surface area contributed by atoms with Gasteiger partial charge in [-0.05, 0) is 75.6 Å². The zero-order chi connectivity index (χ0) is 22.0. The molecule has 1 aliphatic rings. The highest BCUT2D eigenvalue weighted by Gasteiger charge is 2.33. The standard InChI is InChI=1S/C23H14BrClFNO2S2/c24-19-10-15(6-9-20(19)29-13-14-4-7-16(25)8-5-14)11-21-22(28)27(23(30)31-21)18-3-1-2-17(26)12-18/h1-12H,13H2/b21-11-. The molecule has 1 amide bonds. The van der Waals surface area contributed by atoms with Gasteiger partial charge in [-0.25, -0.2) is 4.39 Å². The molecular weight excluding hydrogens is 521 g/mol. The Morgan fingerprint density at radius 1 is 1.13 bits per heavy atom. The number of benzene rings is 3. The Bertz CT molecular complexity index is 1200. The summed E-state index contributed by atoms with van der Waals surface area (Å²) in [6.07, 6.45) is 1.76. The molecule has 0 radical (unpaired) electrons. The van der Waals surface area contributed by atoms with Crippen LogP contribution in [0, 0.1) is 5.82 Å². The zero-order valence-electron chi connectivity index (χ0n) is 15.8. The maximum Gasteiger partial charge on any atom is 0.270 e. The molecule has 0 bridgehead atoms. The summed E-state index contributed by atoms with van der Waals surface area (Å²) in [6, 6.07) is 18.8. The van der Waals surface area contributed by atoms with Crippen molar-refractivity contribution >= 4 is 73.5 Å². The predicted molar refractivity (Wildman–Crippen MR) is 132 cm³/mol. The summed E-state index contributed by atoms with van der Waals surface area (Å²) in [6.45, 7) is 0.404. The molecule has 0 spiro atoms. The number of ether oxygens (including phenoxy) is 1. The zero-order valence-corrected chi connectivity index (χ0v) is 19.8. The Labute approximate surface area is 202 Å². The number of rotatable bonds is 5. The number of thiocarbonyl (C=S) groups is 1. The van der Waals surface area contributed by atoms with Gasteiger partial charge in [0, 0.05) is 5.02 Å². The molecule has 3 aromatic rings. The van der Waals surface area contributed by atoms with Crippen LogP contribution in [0.2, 0.25) is 5.02 Å². The van der Waals surface area contributed by atoms with Gasteiger partial charge in [-0.3, -0.25) is 9.69 Å². The number of carbonyl (C=O) groups is 1. The minimum absolute atomic E-state index is 0.278. The Balaban J connectivity index is 1.49. The van der Waals surface area contributed by atoms with Crippen LogP contribution in [0.5, 0.6) is 5.75 Å². The van der Waals surface area contributed by atoms with Gasteiger partial charge >= 0.3 is 0 Å². The molecule has 0 aromatic heterocycles. The minimum atomic E-state index is -0.423. The summed E-state index contributed by atoms with van der Waals surface area (Å²) in [5.41, 5.74) is 2.23. The van der Waals surface area contributed by atoms with Crippen molar-refractivity contribution in [1.82, 2.24) is 0 Å². The molecule has 0 aliphatic carbocycles. The van der Waals surface area contributed by atoms with E-state index < -0.39 is 5.82 Å². The first-order valence-electron chi connectivity index (χ1n) is 9.11. The molecule has 0 unspecified atom stereocenters. The minimum Gasteiger partial charge on any atom is -0.488 e. The molecule has 1 aliphatic heterocycles. The van der Waals surface area contributed by atoms with Gasteiger partial charge in [0.15, 0.2) is 4.32 Å². The van der Waals surface area contributed by atoms with Crippen molar-refractivity contribution in [2.45, 2.75) is 6.61 Å². The smallest absolute Gasteiger partial charge is 0.270 e. The molecule has 1 fully saturated rings. The highest BCUT2D eigenvalue weighted by molar-refractivity contribution is 9.10. The lowest BCUT2D eigenvalue weighted by Crippen LogP contribution is -2.27. The van der Waals surface area contributed by atoms with Gasteiger partial charge in [0.25, 0.3) is 5.91 Å². The lowest BCUT2D eigenvalue weighted by molar-refractivity contribution is -0.113. The maximum absolute atomic E-state index is 13.6. The Morgan fingerprint density at radius 2 is 1.90 bits per heavy atom. The van der Waals surface area contributed by atoms with Gasteiger partial charge in [-0.1, -0.05) is 59.8 Å². The van der Waals surface area contributed by atoms with Gasteiger partial charge < -0.3 is 4.74 Å². The number of thioether (sulfide) groups is 1. The second-order valence-corrected chi connectivity index (χ2v) is 9.57. The van der Waals surface area contributed by atoms with E-state index in [1.807, 2.05) is 42.5 Å². The van der Waals surface area contributed by atoms with Crippen LogP contribution < -0.4 is 9.64 Å². The van der Waals surface area contributed by atoms with E-state index in [-0.39, 0.29) is 5.91 Å². The summed E-state index contributed by atoms with van der Waals surface area (Å²) in [7, 11) is 0. The van der Waals surface area contributed by atoms with E-state index in [2.05, 4.69) is 15.9 Å². The topological polar surface area (TPSA) is 29.5 Å². The highest BCUT2D eigenvalue weighted by atomic mass is 79.9. The van der Waals surface area contributed by atoms with Crippen molar-refractivity contribution in [2.24, 2.45) is 0 Å². The van der Waals surface area contributed by atoms with Crippen LogP contribution in [-0.4, -0.2) is 10.2 Å². The van der Waals surface area contributed by atoms with E-state index >= 15 is 0 Å². The van der Waals surface area contributed by atoms with E-state index in [0.717, 1.165) is 15.6 Å². The third-order valence-electron chi connectivity index (χ3n) is 4.42. The van der Waals surface area contributed by atoms with E-state index in [1.165, 1.54) is 28.8 Å². The molecule has 31 heavy (non-hydrogen) atoms. The summed E-state index contributed by atoms with van der Waals surface area (Å²) >= 11 is 15.9. The number of anilines is 1. The fourth-order valence-electron chi connectivity index (χ4n) is 2.92. The summed E-state index contributed by atoms with van der Waals surface area (Å²) in [5, 5.41) is 0.678. The van der Waals surface area contributed by atoms with Crippen molar-refractivity contribution in [1.29, 1.82) is 0 Å². The number of nitrogens with zero attached hydrogens (tertiary/aromatic N) is 1. The number of halogens is 3. The molecule has 156 valence electrons. The van der Waals surface area contributed by atoms with Crippen LogP contribution in [0.4, 0.5) is 10.1 Å². The average Bonchev–Trinajstić information content (AvgIpc) is 3.01. The van der Waals surface area contributed by atoms with Crippen LogP contribution in [0.1, 0.15) is 11.1 Å². The normalized spacial score (nSPS) is 15.1. The summed E-state index contributed by atoms with van der Waals surface area (Å²) < 4.78 is 20.6. The number of carbonyl (C=O) groups excluding carboxylic acids is 1. The van der Waals surface area contributed by atoms with Crippen molar-refractivity contribution in [3.63, 3.8) is 0 Å². The molecule has 8 heteroatoms. The second kappa shape index (κ2) is 9.53. The number of hydrogen-bond donors (Lipinski definition) is 0. The first-order valence-corrected chi connectivity index (χ1v) is 11.5. The average molecular weight is 535 g/mol. The van der Waals surface area contributed by atoms with Gasteiger partial charge in [0.1, 0.15) is 18.2 Å². The van der Waals surface area contributed by atoms with Gasteiger partial charge in [0.2, 0.25) is 0 Å². The van der Waals surface area contributed by atoms with Gasteiger partial charge in [0.05, 0.1) is 15.1 Å². The molecule has 4 rings (SSSR count). The molecular formula is C23H14BrClFNO2S2. The maximum atomic E-state index is 13.6. The third-order valence-corrected chi connectivity index (χ3v) is 6.60. The monoisotopic (exact) mass is 533 g/mol. The Morgan fingerprint density at radius 3 is 2.61 bits per heavy atom. The molecule has 0 saturated carbocycles. The van der Waals surface area contributed by atoms with E-state index in [1.54, 1.807) is 18.2 Å². The van der Waals surface area contributed by atoms with Crippen molar-refractivity contribution < 1.29 is 13.9 Å². The first-order chi connectivity index (χ1) is 14.9. The van der Waals surface area contributed by atoms with Crippen molar-refractivity contribution in [3.8, 4) is 5.75 Å². The fraction of sp³-hybridized carbons (Fsp3) is 0.0435. The lowest BCUT2D eigenvalue weighted by Gasteiger charge is -2.14. The van der Waals surface area contributed by atoms with Crippen LogP contribution in [0.15, 0.2) is 76.1 Å². The molecule has 3 nitrogen and oxygen atoms in total. The number of hydrogen-bond acceptors (Lipinski definition) is 4. The Hall–Kier alpha value is -2.19. The van der Waals surface area contributed by atoms with Crippen LogP contribution in [0.25, 0.3) is 6.08 Å². The summed E-state index contributed by atoms with van der Waals surface area (Å²) in [4.78, 5) is 14.7. The lowest BCUT2D eigenvalue weighted by atomic mass is 10.2. The van der Waals surface area contributed by atoms with Crippen molar-refractivity contribution in [3.05, 3.63) is 98.1 Å². The van der Waals surface area contributed by atoms with Crippen molar-refractivity contribution in [2.75, 3.05) is 4.90 Å². The SMILES string of the molecule is O=C1/C(=C/c2ccc(OCc3ccc(Cl)cc3)c(Br)c2)SC(=S)N1c1cccc(F)c1. The second-order valence-electron chi connectivity index (χ2n) is 6.60. The van der Waals surface area contributed by atoms with E-state index in [0.29, 0.717) is 32.3 Å². The summed E-state index contributed by atoms with van der Waals surface area (Å²) in [5.74, 6) is -0.0205. The highest BCUT2D eigenvalue weighted by Crippen LogP contribution is 2.37.